The lowest BCUT2D eigenvalue weighted by molar-refractivity contribution is -0.139. The highest BCUT2D eigenvalue weighted by molar-refractivity contribution is 5.90. The van der Waals surface area contributed by atoms with E-state index in [1.807, 2.05) is 0 Å². The lowest BCUT2D eigenvalue weighted by Gasteiger charge is -2.20. The van der Waals surface area contributed by atoms with Crippen LogP contribution in [0.15, 0.2) is 48.5 Å². The van der Waals surface area contributed by atoms with E-state index in [9.17, 15) is 27.9 Å². The van der Waals surface area contributed by atoms with Crippen molar-refractivity contribution >= 4 is 11.9 Å². The van der Waals surface area contributed by atoms with Gasteiger partial charge in [-0.2, -0.15) is 13.2 Å². The maximum absolute atomic E-state index is 12.6. The molecule has 1 heterocycles. The van der Waals surface area contributed by atoms with Crippen molar-refractivity contribution in [2.24, 2.45) is 0 Å². The number of halogens is 3. The molecule has 0 radical (unpaired) electrons. The van der Waals surface area contributed by atoms with Gasteiger partial charge in [0.05, 0.1) is 11.1 Å². The van der Waals surface area contributed by atoms with E-state index in [1.165, 1.54) is 24.3 Å². The molecular formula is C20H18F3NO5. The van der Waals surface area contributed by atoms with Crippen molar-refractivity contribution in [1.29, 1.82) is 0 Å². The van der Waals surface area contributed by atoms with Gasteiger partial charge in [-0.15, -0.1) is 0 Å². The maximum atomic E-state index is 12.6. The van der Waals surface area contributed by atoms with Crippen molar-refractivity contribution in [1.82, 2.24) is 5.32 Å². The first kappa shape index (κ1) is 20.8. The third-order valence-corrected chi connectivity index (χ3v) is 4.70. The summed E-state index contributed by atoms with van der Waals surface area (Å²) in [5.74, 6) is -1.79. The van der Waals surface area contributed by atoms with Crippen molar-refractivity contribution in [3.63, 3.8) is 0 Å². The van der Waals surface area contributed by atoms with E-state index in [0.29, 0.717) is 11.1 Å². The minimum Gasteiger partial charge on any atom is -0.480 e. The molecular weight excluding hydrogens is 391 g/mol. The Bertz CT molecular complexity index is 896. The van der Waals surface area contributed by atoms with Crippen LogP contribution in [0.5, 0.6) is 0 Å². The summed E-state index contributed by atoms with van der Waals surface area (Å²) in [5, 5.41) is 21.9. The van der Waals surface area contributed by atoms with Crippen LogP contribution in [0.4, 0.5) is 13.2 Å². The average Bonchev–Trinajstić information content (AvgIpc) is 3.09. The molecule has 2 atom stereocenters. The Balaban J connectivity index is 1.61. The van der Waals surface area contributed by atoms with Crippen molar-refractivity contribution in [2.75, 3.05) is 13.2 Å². The minimum atomic E-state index is -4.41. The Hall–Kier alpha value is -2.91. The van der Waals surface area contributed by atoms with E-state index in [2.05, 4.69) is 5.32 Å². The number of ether oxygens (including phenoxy) is 1. The van der Waals surface area contributed by atoms with Crippen LogP contribution in [0.25, 0.3) is 11.1 Å². The fraction of sp³-hybridized carbons (Fsp3) is 0.300. The zero-order valence-corrected chi connectivity index (χ0v) is 15.1. The number of carbonyl (C=O) groups excluding carboxylic acids is 1. The largest absolute Gasteiger partial charge is 0.480 e. The van der Waals surface area contributed by atoms with Gasteiger partial charge in [0, 0.05) is 13.0 Å². The number of carboxylic acid groups (broad SMARTS) is 1. The van der Waals surface area contributed by atoms with Crippen LogP contribution in [-0.4, -0.2) is 46.9 Å². The van der Waals surface area contributed by atoms with Crippen LogP contribution < -0.4 is 5.32 Å². The predicted molar refractivity (Wildman–Crippen MR) is 96.2 cm³/mol. The quantitative estimate of drug-likeness (QED) is 0.658. The average molecular weight is 409 g/mol. The first-order valence-electron chi connectivity index (χ1n) is 8.71. The number of esters is 1. The van der Waals surface area contributed by atoms with Gasteiger partial charge in [-0.3, -0.25) is 4.79 Å². The van der Waals surface area contributed by atoms with Crippen molar-refractivity contribution in [3.05, 3.63) is 59.7 Å². The summed E-state index contributed by atoms with van der Waals surface area (Å²) in [5.41, 5.74) is -0.822. The third kappa shape index (κ3) is 4.93. The molecule has 9 heteroatoms. The second-order valence-electron chi connectivity index (χ2n) is 6.93. The van der Waals surface area contributed by atoms with Crippen molar-refractivity contribution < 1.29 is 37.7 Å². The number of hydrogen-bond acceptors (Lipinski definition) is 5. The third-order valence-electron chi connectivity index (χ3n) is 4.70. The van der Waals surface area contributed by atoms with Gasteiger partial charge in [-0.25, -0.2) is 4.79 Å². The van der Waals surface area contributed by atoms with Gasteiger partial charge in [0.2, 0.25) is 0 Å². The van der Waals surface area contributed by atoms with Crippen LogP contribution in [0, 0.1) is 0 Å². The maximum Gasteiger partial charge on any atom is 0.416 e. The molecule has 6 nitrogen and oxygen atoms in total. The molecule has 0 bridgehead atoms. The molecule has 1 aliphatic rings. The molecule has 0 spiro atoms. The highest BCUT2D eigenvalue weighted by Crippen LogP contribution is 2.31. The Morgan fingerprint density at radius 2 is 1.62 bits per heavy atom. The van der Waals surface area contributed by atoms with Crippen LogP contribution in [0.3, 0.4) is 0 Å². The fourth-order valence-corrected chi connectivity index (χ4v) is 3.06. The number of aliphatic hydroxyl groups is 1. The van der Waals surface area contributed by atoms with Gasteiger partial charge >= 0.3 is 18.1 Å². The summed E-state index contributed by atoms with van der Waals surface area (Å²) < 4.78 is 43.0. The lowest BCUT2D eigenvalue weighted by atomic mass is 10.0. The molecule has 2 aromatic carbocycles. The molecule has 1 fully saturated rings. The summed E-state index contributed by atoms with van der Waals surface area (Å²) in [4.78, 5) is 23.1. The van der Waals surface area contributed by atoms with Crippen LogP contribution in [0.2, 0.25) is 0 Å². The molecule has 0 amide bonds. The van der Waals surface area contributed by atoms with Crippen molar-refractivity contribution in [3.8, 4) is 11.1 Å². The number of benzene rings is 2. The number of β-amino-alcohol motifs (C(OH)–C–C–N with tert-alkyl or cyclic N) is 1. The molecule has 1 saturated heterocycles. The van der Waals surface area contributed by atoms with E-state index in [4.69, 9.17) is 9.84 Å². The summed E-state index contributed by atoms with van der Waals surface area (Å²) >= 11 is 0. The van der Waals surface area contributed by atoms with E-state index in [0.717, 1.165) is 12.1 Å². The number of carboxylic acids is 1. The Morgan fingerprint density at radius 1 is 1.07 bits per heavy atom. The molecule has 0 aromatic heterocycles. The number of nitrogens with one attached hydrogen (secondary N) is 1. The van der Waals surface area contributed by atoms with Gasteiger partial charge in [-0.05, 0) is 35.4 Å². The Morgan fingerprint density at radius 3 is 2.10 bits per heavy atom. The summed E-state index contributed by atoms with van der Waals surface area (Å²) in [6, 6.07) is 9.84. The molecule has 3 N–H and O–H groups in total. The second-order valence-corrected chi connectivity index (χ2v) is 6.93. The molecule has 0 saturated carbocycles. The number of alkyl halides is 3. The van der Waals surface area contributed by atoms with Gasteiger partial charge in [0.1, 0.15) is 18.2 Å². The second kappa shape index (κ2) is 7.84. The SMILES string of the molecule is O=C(OC[C@@]1(O)CN[C@H](C(=O)O)C1)c1ccc(-c2ccc(C(F)(F)F)cc2)cc1. The van der Waals surface area contributed by atoms with Crippen LogP contribution in [0.1, 0.15) is 22.3 Å². The molecule has 1 aliphatic heterocycles. The molecule has 0 unspecified atom stereocenters. The number of hydrogen-bond donors (Lipinski definition) is 3. The Kier molecular flexibility index (Phi) is 5.63. The van der Waals surface area contributed by atoms with E-state index in [1.54, 1.807) is 12.1 Å². The van der Waals surface area contributed by atoms with Gasteiger partial charge < -0.3 is 20.3 Å². The molecule has 2 aromatic rings. The predicted octanol–water partition coefficient (Wildman–Crippen LogP) is 2.71. The van der Waals surface area contributed by atoms with E-state index in [-0.39, 0.29) is 25.1 Å². The van der Waals surface area contributed by atoms with Gasteiger partial charge in [-0.1, -0.05) is 24.3 Å². The highest BCUT2D eigenvalue weighted by atomic mass is 19.4. The molecule has 3 rings (SSSR count). The number of aliphatic carboxylic acids is 1. The van der Waals surface area contributed by atoms with E-state index >= 15 is 0 Å². The summed E-state index contributed by atoms with van der Waals surface area (Å²) in [6.45, 7) is -0.368. The first-order chi connectivity index (χ1) is 13.6. The summed E-state index contributed by atoms with van der Waals surface area (Å²) in [7, 11) is 0. The fourth-order valence-electron chi connectivity index (χ4n) is 3.06. The number of rotatable bonds is 5. The van der Waals surface area contributed by atoms with Gasteiger partial charge in [0.15, 0.2) is 0 Å². The van der Waals surface area contributed by atoms with Gasteiger partial charge in [0.25, 0.3) is 0 Å². The van der Waals surface area contributed by atoms with Crippen LogP contribution in [-0.2, 0) is 15.7 Å². The minimum absolute atomic E-state index is 0.00982. The highest BCUT2D eigenvalue weighted by Gasteiger charge is 2.41. The lowest BCUT2D eigenvalue weighted by Crippen LogP contribution is -2.37. The standard InChI is InChI=1S/C20H18F3NO5/c21-20(22,23)15-7-5-13(6-8-15)12-1-3-14(4-2-12)18(27)29-11-19(28)9-16(17(25)26)24-10-19/h1-8,16,24,28H,9-11H2,(H,25,26)/t16-,19-/m0/s1. The molecule has 0 aliphatic carbocycles. The van der Waals surface area contributed by atoms with E-state index < -0.39 is 35.3 Å². The topological polar surface area (TPSA) is 95.9 Å². The summed E-state index contributed by atoms with van der Waals surface area (Å²) in [6.07, 6.45) is -4.49. The Labute approximate surface area is 163 Å². The van der Waals surface area contributed by atoms with Crippen molar-refractivity contribution in [2.45, 2.75) is 24.2 Å². The molecule has 154 valence electrons. The molecule has 29 heavy (non-hydrogen) atoms. The monoisotopic (exact) mass is 409 g/mol. The zero-order valence-electron chi connectivity index (χ0n) is 15.1. The normalized spacial score (nSPS) is 21.7. The zero-order chi connectivity index (χ0) is 21.2. The first-order valence-corrected chi connectivity index (χ1v) is 8.71. The number of carbonyl (C=O) groups is 2. The smallest absolute Gasteiger partial charge is 0.416 e. The van der Waals surface area contributed by atoms with Crippen LogP contribution >= 0.6 is 0 Å².